The molecule has 0 unspecified atom stereocenters. The van der Waals surface area contributed by atoms with Crippen molar-refractivity contribution in [2.45, 2.75) is 18.6 Å². The maximum atomic E-state index is 6.04. The summed E-state index contributed by atoms with van der Waals surface area (Å²) >= 11 is 11.5. The quantitative estimate of drug-likeness (QED) is 0.834. The molecule has 22 heavy (non-hydrogen) atoms. The van der Waals surface area contributed by atoms with Crippen LogP contribution in [-0.4, -0.2) is 49.2 Å². The molecule has 120 valence electrons. The molecule has 0 aliphatic carbocycles. The number of methoxy groups -OCH3 is 1. The largest absolute Gasteiger partial charge is 0.495 e. The fraction of sp³-hybridized carbons (Fsp3) is 0.533. The van der Waals surface area contributed by atoms with Gasteiger partial charge in [0.1, 0.15) is 5.75 Å². The maximum absolute atomic E-state index is 6.04. The van der Waals surface area contributed by atoms with Crippen molar-refractivity contribution in [3.05, 3.63) is 23.2 Å². The van der Waals surface area contributed by atoms with Crippen molar-refractivity contribution >= 4 is 34.6 Å². The second kappa shape index (κ2) is 6.58. The Morgan fingerprint density at radius 2 is 2.00 bits per heavy atom. The number of rotatable bonds is 2. The third-order valence-electron chi connectivity index (χ3n) is 4.03. The Morgan fingerprint density at radius 3 is 2.64 bits per heavy atom. The number of thiocarbonyl (C=S) groups is 1. The molecule has 1 N–H and O–H groups in total. The van der Waals surface area contributed by atoms with E-state index in [9.17, 15) is 0 Å². The number of benzene rings is 1. The Kier molecular flexibility index (Phi) is 4.73. The van der Waals surface area contributed by atoms with Gasteiger partial charge < -0.3 is 24.4 Å². The highest BCUT2D eigenvalue weighted by molar-refractivity contribution is 7.80. The predicted octanol–water partition coefficient (Wildman–Crippen LogP) is 2.88. The molecular weight excluding hydrogens is 324 g/mol. The molecule has 0 bridgehead atoms. The van der Waals surface area contributed by atoms with E-state index in [0.29, 0.717) is 29.1 Å². The maximum Gasteiger partial charge on any atom is 0.173 e. The van der Waals surface area contributed by atoms with Crippen LogP contribution in [0, 0.1) is 0 Å². The normalized spacial score (nSPS) is 20.2. The summed E-state index contributed by atoms with van der Waals surface area (Å²) in [6.07, 6.45) is 1.64. The van der Waals surface area contributed by atoms with Gasteiger partial charge in [0.15, 0.2) is 10.9 Å². The summed E-state index contributed by atoms with van der Waals surface area (Å²) < 4.78 is 16.8. The first-order valence-corrected chi connectivity index (χ1v) is 8.08. The molecule has 2 fully saturated rings. The zero-order valence-corrected chi connectivity index (χ0v) is 14.0. The van der Waals surface area contributed by atoms with Crippen molar-refractivity contribution in [2.75, 3.05) is 38.7 Å². The molecule has 0 atom stereocenters. The molecule has 3 rings (SSSR count). The number of nitrogens with one attached hydrogen (secondary N) is 1. The molecule has 2 aliphatic rings. The zero-order chi connectivity index (χ0) is 15.6. The average molecular weight is 343 g/mol. The number of hydrogen-bond donors (Lipinski definition) is 1. The summed E-state index contributed by atoms with van der Waals surface area (Å²) in [7, 11) is 1.62. The van der Waals surface area contributed by atoms with Crippen LogP contribution in [0.2, 0.25) is 5.02 Å². The summed E-state index contributed by atoms with van der Waals surface area (Å²) in [4.78, 5) is 2.12. The predicted molar refractivity (Wildman–Crippen MR) is 89.7 cm³/mol. The second-order valence-electron chi connectivity index (χ2n) is 5.37. The van der Waals surface area contributed by atoms with Crippen LogP contribution in [0.1, 0.15) is 12.8 Å². The summed E-state index contributed by atoms with van der Waals surface area (Å²) in [5.74, 6) is 0.322. The molecule has 0 radical (unpaired) electrons. The van der Waals surface area contributed by atoms with E-state index in [1.807, 2.05) is 6.07 Å². The SMILES string of the molecule is COc1ccc(Cl)cc1NC(=S)N1CCC2(CC1)OCCO2. The van der Waals surface area contributed by atoms with Crippen LogP contribution in [0.4, 0.5) is 5.69 Å². The molecule has 0 saturated carbocycles. The minimum absolute atomic E-state index is 0.389. The smallest absolute Gasteiger partial charge is 0.173 e. The minimum Gasteiger partial charge on any atom is -0.495 e. The highest BCUT2D eigenvalue weighted by Crippen LogP contribution is 2.32. The third kappa shape index (κ3) is 3.30. The van der Waals surface area contributed by atoms with E-state index < -0.39 is 0 Å². The van der Waals surface area contributed by atoms with Crippen molar-refractivity contribution in [1.82, 2.24) is 4.90 Å². The first-order valence-electron chi connectivity index (χ1n) is 7.29. The zero-order valence-electron chi connectivity index (χ0n) is 12.4. The highest BCUT2D eigenvalue weighted by Gasteiger charge is 2.40. The first kappa shape index (κ1) is 15.8. The van der Waals surface area contributed by atoms with Crippen LogP contribution in [0.3, 0.4) is 0 Å². The fourth-order valence-corrected chi connectivity index (χ4v) is 3.27. The van der Waals surface area contributed by atoms with E-state index in [-0.39, 0.29) is 5.79 Å². The van der Waals surface area contributed by atoms with Crippen LogP contribution >= 0.6 is 23.8 Å². The number of hydrogen-bond acceptors (Lipinski definition) is 4. The van der Waals surface area contributed by atoms with Crippen LogP contribution in [-0.2, 0) is 9.47 Å². The molecule has 0 amide bonds. The van der Waals surface area contributed by atoms with Crippen LogP contribution in [0.15, 0.2) is 18.2 Å². The van der Waals surface area contributed by atoms with Gasteiger partial charge in [0, 0.05) is 31.0 Å². The Hall–Kier alpha value is -1.08. The van der Waals surface area contributed by atoms with Gasteiger partial charge in [0.05, 0.1) is 26.0 Å². The first-order chi connectivity index (χ1) is 10.6. The van der Waals surface area contributed by atoms with E-state index in [1.54, 1.807) is 19.2 Å². The van der Waals surface area contributed by atoms with Gasteiger partial charge in [-0.1, -0.05) is 11.6 Å². The van der Waals surface area contributed by atoms with Crippen LogP contribution in [0.25, 0.3) is 0 Å². The number of ether oxygens (including phenoxy) is 3. The van der Waals surface area contributed by atoms with Gasteiger partial charge in [0.2, 0.25) is 0 Å². The summed E-state index contributed by atoms with van der Waals surface area (Å²) in [5, 5.41) is 4.51. The van der Waals surface area contributed by atoms with Gasteiger partial charge in [-0.15, -0.1) is 0 Å². The highest BCUT2D eigenvalue weighted by atomic mass is 35.5. The van der Waals surface area contributed by atoms with Crippen LogP contribution in [0.5, 0.6) is 5.75 Å². The molecule has 2 aliphatic heterocycles. The molecule has 7 heteroatoms. The Bertz CT molecular complexity index is 554. The van der Waals surface area contributed by atoms with Crippen molar-refractivity contribution in [2.24, 2.45) is 0 Å². The summed E-state index contributed by atoms with van der Waals surface area (Å²) in [6.45, 7) is 2.97. The average Bonchev–Trinajstić information content (AvgIpc) is 2.96. The monoisotopic (exact) mass is 342 g/mol. The third-order valence-corrected chi connectivity index (χ3v) is 4.62. The minimum atomic E-state index is -0.389. The van der Waals surface area contributed by atoms with Crippen molar-refractivity contribution in [3.63, 3.8) is 0 Å². The van der Waals surface area contributed by atoms with E-state index >= 15 is 0 Å². The van der Waals surface area contributed by atoms with Gasteiger partial charge in [-0.25, -0.2) is 0 Å². The van der Waals surface area contributed by atoms with Gasteiger partial charge in [-0.3, -0.25) is 0 Å². The van der Waals surface area contributed by atoms with Gasteiger partial charge in [-0.05, 0) is 30.4 Å². The standard InChI is InChI=1S/C15H19ClN2O3S/c1-19-13-3-2-11(16)10-12(13)17-14(22)18-6-4-15(5-7-18)20-8-9-21-15/h2-3,10H,4-9H2,1H3,(H,17,22). The number of nitrogens with zero attached hydrogens (tertiary/aromatic N) is 1. The van der Waals surface area contributed by atoms with Gasteiger partial charge >= 0.3 is 0 Å². The van der Waals surface area contributed by atoms with E-state index in [0.717, 1.165) is 31.6 Å². The molecule has 1 spiro atoms. The lowest BCUT2D eigenvalue weighted by Crippen LogP contribution is -2.48. The van der Waals surface area contributed by atoms with Gasteiger partial charge in [-0.2, -0.15) is 0 Å². The molecule has 2 heterocycles. The number of halogens is 1. The fourth-order valence-electron chi connectivity index (χ4n) is 2.81. The Morgan fingerprint density at radius 1 is 1.32 bits per heavy atom. The summed E-state index contributed by atoms with van der Waals surface area (Å²) in [5.41, 5.74) is 0.772. The van der Waals surface area contributed by atoms with Gasteiger partial charge in [0.25, 0.3) is 0 Å². The molecule has 1 aromatic carbocycles. The Labute approximate surface area is 140 Å². The van der Waals surface area contributed by atoms with E-state index in [1.165, 1.54) is 0 Å². The number of anilines is 1. The van der Waals surface area contributed by atoms with Crippen molar-refractivity contribution < 1.29 is 14.2 Å². The van der Waals surface area contributed by atoms with E-state index in [4.69, 9.17) is 38.0 Å². The Balaban J connectivity index is 1.62. The van der Waals surface area contributed by atoms with Crippen molar-refractivity contribution in [1.29, 1.82) is 0 Å². The summed E-state index contributed by atoms with van der Waals surface area (Å²) in [6, 6.07) is 5.41. The molecule has 0 aromatic heterocycles. The van der Waals surface area contributed by atoms with E-state index in [2.05, 4.69) is 10.2 Å². The second-order valence-corrected chi connectivity index (χ2v) is 6.19. The lowest BCUT2D eigenvalue weighted by Gasteiger charge is -2.38. The van der Waals surface area contributed by atoms with Crippen LogP contribution < -0.4 is 10.1 Å². The van der Waals surface area contributed by atoms with Crippen molar-refractivity contribution in [3.8, 4) is 5.75 Å². The molecule has 1 aromatic rings. The number of likely N-dealkylation sites (tertiary alicyclic amines) is 1. The molecular formula is C15H19ClN2O3S. The lowest BCUT2D eigenvalue weighted by atomic mass is 10.0. The number of piperidine rings is 1. The lowest BCUT2D eigenvalue weighted by molar-refractivity contribution is -0.180. The molecule has 5 nitrogen and oxygen atoms in total. The molecule has 2 saturated heterocycles. The topological polar surface area (TPSA) is 43.0 Å².